The number of aliphatic hydroxyl groups excluding tert-OH is 1. The molecule has 3 rings (SSSR count). The number of aliphatic hydroxyl groups is 1. The second kappa shape index (κ2) is 4.11. The van der Waals surface area contributed by atoms with Crippen LogP contribution in [0.25, 0.3) is 10.9 Å². The molecule has 2 nitrogen and oxygen atoms in total. The Morgan fingerprint density at radius 3 is 2.88 bits per heavy atom. The quantitative estimate of drug-likeness (QED) is 0.812. The molecule has 0 spiro atoms. The molecule has 1 aromatic carbocycles. The van der Waals surface area contributed by atoms with Crippen molar-refractivity contribution in [2.75, 3.05) is 0 Å². The van der Waals surface area contributed by atoms with Gasteiger partial charge in [-0.1, -0.05) is 19.1 Å². The molecule has 3 unspecified atom stereocenters. The molecule has 1 aliphatic rings. The summed E-state index contributed by atoms with van der Waals surface area (Å²) in [4.78, 5) is 4.33. The van der Waals surface area contributed by atoms with Gasteiger partial charge in [0.1, 0.15) is 0 Å². The van der Waals surface area contributed by atoms with Crippen LogP contribution in [-0.4, -0.2) is 16.2 Å². The largest absolute Gasteiger partial charge is 0.393 e. The average Bonchev–Trinajstić information content (AvgIpc) is 2.70. The molecule has 1 heterocycles. The van der Waals surface area contributed by atoms with E-state index in [1.54, 1.807) is 0 Å². The number of hydrogen-bond donors (Lipinski definition) is 1. The Hall–Kier alpha value is -1.41. The summed E-state index contributed by atoms with van der Waals surface area (Å²) in [7, 11) is 0. The van der Waals surface area contributed by atoms with Crippen LogP contribution in [0.4, 0.5) is 0 Å². The van der Waals surface area contributed by atoms with Crippen LogP contribution in [-0.2, 0) is 0 Å². The van der Waals surface area contributed by atoms with Crippen molar-refractivity contribution in [3.05, 3.63) is 42.1 Å². The van der Waals surface area contributed by atoms with E-state index in [4.69, 9.17) is 0 Å². The summed E-state index contributed by atoms with van der Waals surface area (Å²) in [5.74, 6) is 0.860. The lowest BCUT2D eigenvalue weighted by molar-refractivity contribution is 0.136. The van der Waals surface area contributed by atoms with Gasteiger partial charge in [0.25, 0.3) is 0 Å². The van der Waals surface area contributed by atoms with E-state index in [0.29, 0.717) is 11.8 Å². The highest BCUT2D eigenvalue weighted by Crippen LogP contribution is 2.40. The highest BCUT2D eigenvalue weighted by Gasteiger charge is 2.32. The number of benzene rings is 1. The standard InChI is InChI=1S/C15H17NO/c1-10-13(5-7-15(10)17)11-4-6-14-12(9-11)3-2-8-16-14/h2-4,6,8-10,13,15,17H,5,7H2,1H3. The van der Waals surface area contributed by atoms with E-state index < -0.39 is 0 Å². The number of fused-ring (bicyclic) bond motifs is 1. The zero-order chi connectivity index (χ0) is 11.8. The Bertz CT molecular complexity index is 537. The van der Waals surface area contributed by atoms with Crippen LogP contribution >= 0.6 is 0 Å². The van der Waals surface area contributed by atoms with Crippen LogP contribution in [0.1, 0.15) is 31.2 Å². The number of nitrogens with zero attached hydrogens (tertiary/aromatic N) is 1. The van der Waals surface area contributed by atoms with E-state index in [2.05, 4.69) is 36.2 Å². The van der Waals surface area contributed by atoms with Gasteiger partial charge in [-0.3, -0.25) is 4.98 Å². The second-order valence-corrected chi connectivity index (χ2v) is 5.07. The summed E-state index contributed by atoms with van der Waals surface area (Å²) in [6.07, 6.45) is 3.71. The fourth-order valence-electron chi connectivity index (χ4n) is 2.94. The fraction of sp³-hybridized carbons (Fsp3) is 0.400. The van der Waals surface area contributed by atoms with Crippen molar-refractivity contribution in [1.82, 2.24) is 4.98 Å². The van der Waals surface area contributed by atoms with Gasteiger partial charge < -0.3 is 5.11 Å². The first-order chi connectivity index (χ1) is 8.25. The molecular weight excluding hydrogens is 210 g/mol. The predicted octanol–water partition coefficient (Wildman–Crippen LogP) is 3.11. The molecule has 1 aromatic heterocycles. The van der Waals surface area contributed by atoms with Crippen molar-refractivity contribution in [3.63, 3.8) is 0 Å². The third-order valence-corrected chi connectivity index (χ3v) is 4.07. The van der Waals surface area contributed by atoms with E-state index >= 15 is 0 Å². The minimum Gasteiger partial charge on any atom is -0.393 e. The first-order valence-electron chi connectivity index (χ1n) is 6.28. The molecule has 88 valence electrons. The van der Waals surface area contributed by atoms with Crippen LogP contribution in [0.15, 0.2) is 36.5 Å². The molecule has 0 aliphatic heterocycles. The van der Waals surface area contributed by atoms with Crippen LogP contribution < -0.4 is 0 Å². The third kappa shape index (κ3) is 1.83. The minimum absolute atomic E-state index is 0.135. The van der Waals surface area contributed by atoms with Gasteiger partial charge in [-0.2, -0.15) is 0 Å². The molecule has 0 saturated heterocycles. The topological polar surface area (TPSA) is 33.1 Å². The third-order valence-electron chi connectivity index (χ3n) is 4.07. The summed E-state index contributed by atoms with van der Waals surface area (Å²) in [5.41, 5.74) is 2.39. The molecule has 1 N–H and O–H groups in total. The van der Waals surface area contributed by atoms with Gasteiger partial charge >= 0.3 is 0 Å². The number of pyridine rings is 1. The summed E-state index contributed by atoms with van der Waals surface area (Å²) in [6, 6.07) is 10.5. The molecule has 17 heavy (non-hydrogen) atoms. The second-order valence-electron chi connectivity index (χ2n) is 5.07. The molecule has 1 fully saturated rings. The van der Waals surface area contributed by atoms with E-state index in [-0.39, 0.29) is 6.10 Å². The van der Waals surface area contributed by atoms with Gasteiger partial charge in [0.2, 0.25) is 0 Å². The van der Waals surface area contributed by atoms with Gasteiger partial charge in [-0.15, -0.1) is 0 Å². The molecule has 0 bridgehead atoms. The van der Waals surface area contributed by atoms with Crippen molar-refractivity contribution >= 4 is 10.9 Å². The lowest BCUT2D eigenvalue weighted by Gasteiger charge is -2.18. The Labute approximate surface area is 101 Å². The predicted molar refractivity (Wildman–Crippen MR) is 68.9 cm³/mol. The zero-order valence-corrected chi connectivity index (χ0v) is 10.0. The van der Waals surface area contributed by atoms with Gasteiger partial charge in [0.05, 0.1) is 11.6 Å². The first-order valence-corrected chi connectivity index (χ1v) is 6.28. The lowest BCUT2D eigenvalue weighted by atomic mass is 9.89. The minimum atomic E-state index is -0.135. The summed E-state index contributed by atoms with van der Waals surface area (Å²) in [6.45, 7) is 2.15. The maximum atomic E-state index is 9.83. The number of aromatic nitrogens is 1. The van der Waals surface area contributed by atoms with Crippen molar-refractivity contribution in [2.45, 2.75) is 31.8 Å². The van der Waals surface area contributed by atoms with Gasteiger partial charge in [0.15, 0.2) is 0 Å². The maximum Gasteiger partial charge on any atom is 0.0702 e. The molecule has 0 radical (unpaired) electrons. The Morgan fingerprint density at radius 2 is 2.12 bits per heavy atom. The molecule has 0 amide bonds. The van der Waals surface area contributed by atoms with Crippen molar-refractivity contribution < 1.29 is 5.11 Å². The SMILES string of the molecule is CC1C(O)CCC1c1ccc2ncccc2c1. The van der Waals surface area contributed by atoms with E-state index in [9.17, 15) is 5.11 Å². The Balaban J connectivity index is 2.01. The Kier molecular flexibility index (Phi) is 2.60. The smallest absolute Gasteiger partial charge is 0.0702 e. The lowest BCUT2D eigenvalue weighted by Crippen LogP contribution is -2.14. The molecule has 2 heteroatoms. The van der Waals surface area contributed by atoms with Crippen LogP contribution in [0.2, 0.25) is 0 Å². The Morgan fingerprint density at radius 1 is 1.24 bits per heavy atom. The zero-order valence-electron chi connectivity index (χ0n) is 10.0. The first kappa shape index (κ1) is 10.7. The normalized spacial score (nSPS) is 28.7. The molecular formula is C15H17NO. The highest BCUT2D eigenvalue weighted by atomic mass is 16.3. The van der Waals surface area contributed by atoms with Crippen molar-refractivity contribution in [1.29, 1.82) is 0 Å². The number of rotatable bonds is 1. The monoisotopic (exact) mass is 227 g/mol. The fourth-order valence-corrected chi connectivity index (χ4v) is 2.94. The summed E-state index contributed by atoms with van der Waals surface area (Å²) >= 11 is 0. The maximum absolute atomic E-state index is 9.83. The molecule has 3 atom stereocenters. The van der Waals surface area contributed by atoms with E-state index in [0.717, 1.165) is 18.4 Å². The summed E-state index contributed by atoms with van der Waals surface area (Å²) < 4.78 is 0. The molecule has 1 saturated carbocycles. The van der Waals surface area contributed by atoms with Crippen LogP contribution in [0.3, 0.4) is 0 Å². The average molecular weight is 227 g/mol. The highest BCUT2D eigenvalue weighted by molar-refractivity contribution is 5.79. The van der Waals surface area contributed by atoms with Crippen molar-refractivity contribution in [2.24, 2.45) is 5.92 Å². The van der Waals surface area contributed by atoms with Crippen molar-refractivity contribution in [3.8, 4) is 0 Å². The van der Waals surface area contributed by atoms with Gasteiger partial charge in [-0.25, -0.2) is 0 Å². The van der Waals surface area contributed by atoms with E-state index in [1.165, 1.54) is 10.9 Å². The molecule has 1 aliphatic carbocycles. The van der Waals surface area contributed by atoms with Crippen LogP contribution in [0.5, 0.6) is 0 Å². The van der Waals surface area contributed by atoms with Gasteiger partial charge in [0, 0.05) is 11.6 Å². The van der Waals surface area contributed by atoms with E-state index in [1.807, 2.05) is 12.3 Å². The van der Waals surface area contributed by atoms with Gasteiger partial charge in [-0.05, 0) is 48.4 Å². The van der Waals surface area contributed by atoms with Crippen LogP contribution in [0, 0.1) is 5.92 Å². The molecule has 2 aromatic rings. The summed E-state index contributed by atoms with van der Waals surface area (Å²) in [5, 5.41) is 11.0. The number of hydrogen-bond acceptors (Lipinski definition) is 2.